The molecule has 2 rings (SSSR count). The van der Waals surface area contributed by atoms with Crippen molar-refractivity contribution in [2.24, 2.45) is 0 Å². The Morgan fingerprint density at radius 2 is 1.84 bits per heavy atom. The quantitative estimate of drug-likeness (QED) is 0.380. The van der Waals surface area contributed by atoms with Gasteiger partial charge in [-0.3, -0.25) is 14.9 Å². The second kappa shape index (κ2) is 7.52. The summed E-state index contributed by atoms with van der Waals surface area (Å²) in [5.41, 5.74) is 0.142. The molecule has 0 saturated heterocycles. The van der Waals surface area contributed by atoms with Crippen molar-refractivity contribution in [3.05, 3.63) is 75.3 Å². The summed E-state index contributed by atoms with van der Waals surface area (Å²) in [6, 6.07) is 12.4. The van der Waals surface area contributed by atoms with Gasteiger partial charge in [0.1, 0.15) is 11.6 Å². The Kier molecular flexibility index (Phi) is 5.22. The first-order chi connectivity index (χ1) is 11.9. The zero-order valence-electron chi connectivity index (χ0n) is 12.6. The molecule has 124 valence electrons. The lowest BCUT2D eigenvalue weighted by molar-refractivity contribution is -0.384. The van der Waals surface area contributed by atoms with Gasteiger partial charge in [-0.05, 0) is 29.3 Å². The summed E-state index contributed by atoms with van der Waals surface area (Å²) in [6.07, 6.45) is 1.22. The lowest BCUT2D eigenvalue weighted by Crippen LogP contribution is -2.22. The number of hydrogen-bond donors (Lipinski definition) is 1. The van der Waals surface area contributed by atoms with E-state index in [1.807, 2.05) is 0 Å². The predicted octanol–water partition coefficient (Wildman–Crippen LogP) is 1.50. The lowest BCUT2D eigenvalue weighted by Gasteiger charge is -2.06. The second-order valence-corrected chi connectivity index (χ2v) is 4.84. The molecule has 2 aromatic rings. The third kappa shape index (κ3) is 4.49. The molecular formula is C17H10N3O5-. The minimum absolute atomic E-state index is 0.0503. The Bertz CT molecular complexity index is 911. The first-order valence-electron chi connectivity index (χ1n) is 6.89. The summed E-state index contributed by atoms with van der Waals surface area (Å²) >= 11 is 0. The number of anilines is 1. The standard InChI is InChI=1S/C17H11N3O5/c18-10-13(8-11-2-1-3-15(9-11)20(24)25)16(21)19-14-6-4-12(5-7-14)17(22)23/h1-9H,(H,19,21)(H,22,23)/p-1/b13-8+. The van der Waals surface area contributed by atoms with E-state index >= 15 is 0 Å². The molecular weight excluding hydrogens is 326 g/mol. The first-order valence-corrected chi connectivity index (χ1v) is 6.89. The van der Waals surface area contributed by atoms with E-state index in [-0.39, 0.29) is 22.5 Å². The highest BCUT2D eigenvalue weighted by Crippen LogP contribution is 2.17. The molecule has 0 fully saturated rings. The molecule has 0 atom stereocenters. The maximum absolute atomic E-state index is 12.1. The van der Waals surface area contributed by atoms with E-state index in [0.29, 0.717) is 5.56 Å². The lowest BCUT2D eigenvalue weighted by atomic mass is 10.1. The Balaban J connectivity index is 2.21. The number of carbonyl (C=O) groups is 2. The Morgan fingerprint density at radius 1 is 1.16 bits per heavy atom. The van der Waals surface area contributed by atoms with Crippen molar-refractivity contribution >= 4 is 29.3 Å². The number of nitro benzene ring substituents is 1. The average molecular weight is 336 g/mol. The van der Waals surface area contributed by atoms with E-state index in [1.54, 1.807) is 6.07 Å². The molecule has 0 unspecified atom stereocenters. The number of benzene rings is 2. The van der Waals surface area contributed by atoms with Gasteiger partial charge < -0.3 is 15.2 Å². The molecule has 0 radical (unpaired) electrons. The van der Waals surface area contributed by atoms with Gasteiger partial charge in [0.15, 0.2) is 0 Å². The predicted molar refractivity (Wildman–Crippen MR) is 86.1 cm³/mol. The number of nitrogens with zero attached hydrogens (tertiary/aromatic N) is 2. The van der Waals surface area contributed by atoms with Crippen LogP contribution in [0.2, 0.25) is 0 Å². The van der Waals surface area contributed by atoms with Crippen molar-refractivity contribution in [2.45, 2.75) is 0 Å². The van der Waals surface area contributed by atoms with Crippen LogP contribution in [0, 0.1) is 21.4 Å². The van der Waals surface area contributed by atoms with Gasteiger partial charge in [-0.1, -0.05) is 24.3 Å². The van der Waals surface area contributed by atoms with Gasteiger partial charge in [0.05, 0.1) is 10.9 Å². The molecule has 25 heavy (non-hydrogen) atoms. The van der Waals surface area contributed by atoms with E-state index in [4.69, 9.17) is 5.26 Å². The minimum Gasteiger partial charge on any atom is -0.545 e. The van der Waals surface area contributed by atoms with Crippen LogP contribution in [0.4, 0.5) is 11.4 Å². The van der Waals surface area contributed by atoms with Gasteiger partial charge in [0.2, 0.25) is 0 Å². The molecule has 0 aliphatic carbocycles. The molecule has 0 bridgehead atoms. The van der Waals surface area contributed by atoms with Crippen molar-refractivity contribution in [3.8, 4) is 6.07 Å². The normalized spacial score (nSPS) is 10.6. The molecule has 8 heteroatoms. The van der Waals surface area contributed by atoms with Gasteiger partial charge in [0.25, 0.3) is 11.6 Å². The molecule has 2 aromatic carbocycles. The van der Waals surface area contributed by atoms with Crippen LogP contribution in [-0.2, 0) is 4.79 Å². The molecule has 0 aliphatic rings. The average Bonchev–Trinajstić information content (AvgIpc) is 2.60. The topological polar surface area (TPSA) is 136 Å². The summed E-state index contributed by atoms with van der Waals surface area (Å²) in [5.74, 6) is -2.07. The summed E-state index contributed by atoms with van der Waals surface area (Å²) < 4.78 is 0. The Labute approximate surface area is 141 Å². The number of carbonyl (C=O) groups excluding carboxylic acids is 2. The van der Waals surface area contributed by atoms with Crippen molar-refractivity contribution in [1.82, 2.24) is 0 Å². The summed E-state index contributed by atoms with van der Waals surface area (Å²) in [6.45, 7) is 0. The third-order valence-electron chi connectivity index (χ3n) is 3.14. The highest BCUT2D eigenvalue weighted by atomic mass is 16.6. The summed E-state index contributed by atoms with van der Waals surface area (Å²) in [4.78, 5) is 33.0. The minimum atomic E-state index is -1.35. The summed E-state index contributed by atoms with van der Waals surface area (Å²) in [5, 5.41) is 33.0. The smallest absolute Gasteiger partial charge is 0.270 e. The molecule has 0 aliphatic heterocycles. The number of nitrogens with one attached hydrogen (secondary N) is 1. The largest absolute Gasteiger partial charge is 0.545 e. The van der Waals surface area contributed by atoms with Gasteiger partial charge in [0, 0.05) is 17.8 Å². The Hall–Kier alpha value is -3.99. The van der Waals surface area contributed by atoms with Gasteiger partial charge in [-0.25, -0.2) is 0 Å². The van der Waals surface area contributed by atoms with E-state index < -0.39 is 16.8 Å². The zero-order chi connectivity index (χ0) is 18.4. The van der Waals surface area contributed by atoms with E-state index in [1.165, 1.54) is 54.6 Å². The van der Waals surface area contributed by atoms with Crippen LogP contribution >= 0.6 is 0 Å². The third-order valence-corrected chi connectivity index (χ3v) is 3.14. The maximum Gasteiger partial charge on any atom is 0.270 e. The van der Waals surface area contributed by atoms with E-state index in [0.717, 1.165) is 0 Å². The number of rotatable bonds is 5. The number of carboxylic acid groups (broad SMARTS) is 1. The fourth-order valence-electron chi connectivity index (χ4n) is 1.93. The number of hydrogen-bond acceptors (Lipinski definition) is 6. The zero-order valence-corrected chi connectivity index (χ0v) is 12.6. The van der Waals surface area contributed by atoms with Crippen molar-refractivity contribution in [1.29, 1.82) is 5.26 Å². The van der Waals surface area contributed by atoms with Crippen LogP contribution in [0.1, 0.15) is 15.9 Å². The molecule has 1 amide bonds. The van der Waals surface area contributed by atoms with E-state index in [2.05, 4.69) is 5.32 Å². The fraction of sp³-hybridized carbons (Fsp3) is 0. The van der Waals surface area contributed by atoms with Crippen molar-refractivity contribution in [3.63, 3.8) is 0 Å². The molecule has 8 nitrogen and oxygen atoms in total. The van der Waals surface area contributed by atoms with Crippen molar-refractivity contribution < 1.29 is 19.6 Å². The summed E-state index contributed by atoms with van der Waals surface area (Å²) in [7, 11) is 0. The molecule has 0 heterocycles. The molecule has 0 aromatic heterocycles. The first kappa shape index (κ1) is 17.4. The number of aromatic carboxylic acids is 1. The number of amides is 1. The maximum atomic E-state index is 12.1. The van der Waals surface area contributed by atoms with Gasteiger partial charge in [-0.15, -0.1) is 0 Å². The van der Waals surface area contributed by atoms with Gasteiger partial charge >= 0.3 is 0 Å². The van der Waals surface area contributed by atoms with E-state index in [9.17, 15) is 24.8 Å². The van der Waals surface area contributed by atoms with Crippen LogP contribution < -0.4 is 10.4 Å². The molecule has 0 spiro atoms. The Morgan fingerprint density at radius 3 is 2.40 bits per heavy atom. The van der Waals surface area contributed by atoms with Crippen LogP contribution in [0.25, 0.3) is 6.08 Å². The highest BCUT2D eigenvalue weighted by Gasteiger charge is 2.11. The van der Waals surface area contributed by atoms with Crippen LogP contribution in [-0.4, -0.2) is 16.8 Å². The second-order valence-electron chi connectivity index (χ2n) is 4.84. The van der Waals surface area contributed by atoms with Crippen LogP contribution in [0.15, 0.2) is 54.1 Å². The monoisotopic (exact) mass is 336 g/mol. The number of nitro groups is 1. The number of carboxylic acids is 1. The fourth-order valence-corrected chi connectivity index (χ4v) is 1.93. The molecule has 1 N–H and O–H groups in total. The number of nitriles is 1. The SMILES string of the molecule is N#C/C(=C\c1cccc([N+](=O)[O-])c1)C(=O)Nc1ccc(C(=O)[O-])cc1. The molecule has 0 saturated carbocycles. The highest BCUT2D eigenvalue weighted by molar-refractivity contribution is 6.09. The number of non-ortho nitro benzene ring substituents is 1. The van der Waals surface area contributed by atoms with Crippen LogP contribution in [0.3, 0.4) is 0 Å². The van der Waals surface area contributed by atoms with Crippen LogP contribution in [0.5, 0.6) is 0 Å². The van der Waals surface area contributed by atoms with Gasteiger partial charge in [-0.2, -0.15) is 5.26 Å². The van der Waals surface area contributed by atoms with Crippen molar-refractivity contribution in [2.75, 3.05) is 5.32 Å².